The maximum atomic E-state index is 12.5. The van der Waals surface area contributed by atoms with Crippen LogP contribution in [0.1, 0.15) is 54.8 Å². The highest BCUT2D eigenvalue weighted by Crippen LogP contribution is 2.44. The molecule has 1 aromatic heterocycles. The molecule has 4 nitrogen and oxygen atoms in total. The van der Waals surface area contributed by atoms with Crippen molar-refractivity contribution in [3.63, 3.8) is 0 Å². The van der Waals surface area contributed by atoms with E-state index in [1.54, 1.807) is 7.11 Å². The van der Waals surface area contributed by atoms with Crippen molar-refractivity contribution in [3.05, 3.63) is 64.3 Å². The topological polar surface area (TPSA) is 42.4 Å². The molecule has 1 aromatic carbocycles. The van der Waals surface area contributed by atoms with Crippen molar-refractivity contribution in [2.45, 2.75) is 38.0 Å². The van der Waals surface area contributed by atoms with E-state index in [0.29, 0.717) is 17.7 Å². The number of pyridine rings is 1. The molecule has 0 bridgehead atoms. The van der Waals surface area contributed by atoms with E-state index in [4.69, 9.17) is 21.3 Å². The average Bonchev–Trinajstić information content (AvgIpc) is 3.70. The number of benzene rings is 1. The summed E-state index contributed by atoms with van der Waals surface area (Å²) < 4.78 is 5.63. The lowest BCUT2D eigenvalue weighted by Gasteiger charge is -2.16. The Hall–Kier alpha value is -2.33. The van der Waals surface area contributed by atoms with Gasteiger partial charge in [0.15, 0.2) is 0 Å². The van der Waals surface area contributed by atoms with E-state index in [9.17, 15) is 4.79 Å². The number of hydrogen-bond donors (Lipinski definition) is 0. The van der Waals surface area contributed by atoms with Gasteiger partial charge >= 0.3 is 0 Å². The van der Waals surface area contributed by atoms with Crippen molar-refractivity contribution in [1.82, 2.24) is 9.88 Å². The minimum absolute atomic E-state index is 0.282. The van der Waals surface area contributed by atoms with Crippen molar-refractivity contribution in [2.75, 3.05) is 20.2 Å². The van der Waals surface area contributed by atoms with Crippen LogP contribution < -0.4 is 4.74 Å². The molecule has 3 fully saturated rings. The summed E-state index contributed by atoms with van der Waals surface area (Å²) in [6.45, 7) is 1.64. The van der Waals surface area contributed by atoms with Gasteiger partial charge in [-0.3, -0.25) is 4.79 Å². The van der Waals surface area contributed by atoms with Crippen molar-refractivity contribution in [1.29, 1.82) is 0 Å². The van der Waals surface area contributed by atoms with Gasteiger partial charge in [0.05, 0.1) is 12.8 Å². The SMILES string of the molecule is COc1nc(C(=C[C@H]2CCN(C(=O)C3CC3)C2)c2ccc(Cl)cc2)ccc1C1CC1. The van der Waals surface area contributed by atoms with Gasteiger partial charge in [-0.05, 0) is 67.7 Å². The van der Waals surface area contributed by atoms with Gasteiger partial charge < -0.3 is 9.64 Å². The van der Waals surface area contributed by atoms with E-state index >= 15 is 0 Å². The summed E-state index contributed by atoms with van der Waals surface area (Å²) in [6, 6.07) is 12.2. The number of nitrogens with zero attached hydrogens (tertiary/aromatic N) is 2. The maximum Gasteiger partial charge on any atom is 0.225 e. The Kier molecular flexibility index (Phi) is 5.28. The van der Waals surface area contributed by atoms with Crippen LogP contribution in [0.3, 0.4) is 0 Å². The van der Waals surface area contributed by atoms with Gasteiger partial charge in [-0.2, -0.15) is 0 Å². The first-order chi connectivity index (χ1) is 14.6. The summed E-state index contributed by atoms with van der Waals surface area (Å²) in [5.74, 6) is 2.26. The normalized spacial score (nSPS) is 21.7. The molecule has 30 heavy (non-hydrogen) atoms. The Morgan fingerprint density at radius 3 is 2.53 bits per heavy atom. The number of aromatic nitrogens is 1. The number of amides is 1. The lowest BCUT2D eigenvalue weighted by atomic mass is 9.96. The number of hydrogen-bond acceptors (Lipinski definition) is 3. The summed E-state index contributed by atoms with van der Waals surface area (Å²) in [5, 5.41) is 0.717. The predicted octanol–water partition coefficient (Wildman–Crippen LogP) is 5.31. The van der Waals surface area contributed by atoms with Gasteiger partial charge in [-0.25, -0.2) is 4.98 Å². The molecule has 156 valence electrons. The monoisotopic (exact) mass is 422 g/mol. The molecule has 0 N–H and O–H groups in total. The van der Waals surface area contributed by atoms with Crippen LogP contribution in [0.5, 0.6) is 5.88 Å². The van der Waals surface area contributed by atoms with Crippen LogP contribution in [0.15, 0.2) is 42.5 Å². The van der Waals surface area contributed by atoms with Gasteiger partial charge in [0, 0.05) is 35.2 Å². The highest BCUT2D eigenvalue weighted by molar-refractivity contribution is 6.30. The van der Waals surface area contributed by atoms with E-state index in [2.05, 4.69) is 18.2 Å². The van der Waals surface area contributed by atoms with Crippen molar-refractivity contribution < 1.29 is 9.53 Å². The fourth-order valence-corrected chi connectivity index (χ4v) is 4.50. The molecule has 0 spiro atoms. The van der Waals surface area contributed by atoms with Crippen LogP contribution in [-0.4, -0.2) is 36.0 Å². The Bertz CT molecular complexity index is 977. The second-order valence-corrected chi connectivity index (χ2v) is 9.20. The third-order valence-corrected chi connectivity index (χ3v) is 6.65. The lowest BCUT2D eigenvalue weighted by Crippen LogP contribution is -2.29. The Labute approximate surface area is 182 Å². The van der Waals surface area contributed by atoms with E-state index in [0.717, 1.165) is 60.1 Å². The minimum atomic E-state index is 0.282. The lowest BCUT2D eigenvalue weighted by molar-refractivity contribution is -0.131. The second kappa shape index (κ2) is 8.07. The number of halogens is 1. The van der Waals surface area contributed by atoms with E-state index in [1.807, 2.05) is 29.2 Å². The van der Waals surface area contributed by atoms with Crippen molar-refractivity contribution in [3.8, 4) is 5.88 Å². The zero-order valence-corrected chi connectivity index (χ0v) is 18.1. The van der Waals surface area contributed by atoms with Gasteiger partial charge in [0.25, 0.3) is 0 Å². The minimum Gasteiger partial charge on any atom is -0.481 e. The molecule has 1 aliphatic heterocycles. The molecule has 1 atom stereocenters. The van der Waals surface area contributed by atoms with Gasteiger partial charge in [-0.1, -0.05) is 35.9 Å². The highest BCUT2D eigenvalue weighted by atomic mass is 35.5. The van der Waals surface area contributed by atoms with Gasteiger partial charge in [0.2, 0.25) is 11.8 Å². The predicted molar refractivity (Wildman–Crippen MR) is 119 cm³/mol. The molecule has 2 aliphatic carbocycles. The molecule has 2 saturated carbocycles. The number of carbonyl (C=O) groups excluding carboxylic acids is 1. The molecule has 1 saturated heterocycles. The molecule has 5 rings (SSSR count). The summed E-state index contributed by atoms with van der Waals surface area (Å²) in [4.78, 5) is 19.4. The number of carbonyl (C=O) groups is 1. The molecule has 0 unspecified atom stereocenters. The smallest absolute Gasteiger partial charge is 0.225 e. The van der Waals surface area contributed by atoms with Crippen LogP contribution >= 0.6 is 11.6 Å². The Balaban J connectivity index is 1.47. The molecular formula is C25H27ClN2O2. The van der Waals surface area contributed by atoms with Crippen LogP contribution in [0, 0.1) is 11.8 Å². The first-order valence-electron chi connectivity index (χ1n) is 10.9. The Morgan fingerprint density at radius 2 is 1.87 bits per heavy atom. The highest BCUT2D eigenvalue weighted by Gasteiger charge is 2.36. The van der Waals surface area contributed by atoms with E-state index in [-0.39, 0.29) is 5.92 Å². The molecule has 3 aliphatic rings. The van der Waals surface area contributed by atoms with Crippen LogP contribution in [0.25, 0.3) is 5.57 Å². The number of rotatable bonds is 6. The summed E-state index contributed by atoms with van der Waals surface area (Å²) >= 11 is 6.13. The number of methoxy groups -OCH3 is 1. The van der Waals surface area contributed by atoms with Crippen LogP contribution in [-0.2, 0) is 4.79 Å². The summed E-state index contributed by atoms with van der Waals surface area (Å²) in [5.41, 5.74) is 4.28. The third kappa shape index (κ3) is 4.11. The molecule has 2 heterocycles. The van der Waals surface area contributed by atoms with Gasteiger partial charge in [-0.15, -0.1) is 0 Å². The quantitative estimate of drug-likeness (QED) is 0.633. The fourth-order valence-electron chi connectivity index (χ4n) is 4.38. The molecule has 2 aromatic rings. The first kappa shape index (κ1) is 19.6. The summed E-state index contributed by atoms with van der Waals surface area (Å²) in [7, 11) is 1.70. The van der Waals surface area contributed by atoms with Gasteiger partial charge in [0.1, 0.15) is 0 Å². The fraction of sp³-hybridized carbons (Fsp3) is 0.440. The second-order valence-electron chi connectivity index (χ2n) is 8.76. The maximum absolute atomic E-state index is 12.5. The largest absolute Gasteiger partial charge is 0.481 e. The standard InChI is InChI=1S/C25H27ClN2O2/c1-30-24-21(17-2-3-17)10-11-23(27-24)22(18-6-8-20(26)9-7-18)14-16-12-13-28(15-16)25(29)19-4-5-19/h6-11,14,16-17,19H,2-5,12-13,15H2,1H3/t16-/m1/s1. The number of likely N-dealkylation sites (tertiary alicyclic amines) is 1. The van der Waals surface area contributed by atoms with Crippen LogP contribution in [0.4, 0.5) is 0 Å². The number of ether oxygens (including phenoxy) is 1. The molecule has 1 amide bonds. The van der Waals surface area contributed by atoms with Crippen molar-refractivity contribution in [2.24, 2.45) is 11.8 Å². The first-order valence-corrected chi connectivity index (χ1v) is 11.3. The summed E-state index contributed by atoms with van der Waals surface area (Å²) in [6.07, 6.45) is 7.83. The van der Waals surface area contributed by atoms with Crippen molar-refractivity contribution >= 4 is 23.1 Å². The van der Waals surface area contributed by atoms with E-state index < -0.39 is 0 Å². The zero-order valence-electron chi connectivity index (χ0n) is 17.3. The Morgan fingerprint density at radius 1 is 1.10 bits per heavy atom. The zero-order chi connectivity index (χ0) is 20.7. The molecule has 5 heteroatoms. The third-order valence-electron chi connectivity index (χ3n) is 6.40. The van der Waals surface area contributed by atoms with E-state index in [1.165, 1.54) is 18.4 Å². The average molecular weight is 423 g/mol. The molecule has 0 radical (unpaired) electrons. The van der Waals surface area contributed by atoms with Crippen LogP contribution in [0.2, 0.25) is 5.02 Å². The molecular weight excluding hydrogens is 396 g/mol.